The summed E-state index contributed by atoms with van der Waals surface area (Å²) in [5, 5.41) is 20.6. The van der Waals surface area contributed by atoms with E-state index in [0.29, 0.717) is 19.5 Å². The molecule has 1 aliphatic heterocycles. The molecule has 116 valence electrons. The highest BCUT2D eigenvalue weighted by molar-refractivity contribution is 5.75. The number of nitrogens with one attached hydrogen (secondary N) is 1. The fraction of sp³-hybridized carbons (Fsp3) is 0.846. The fourth-order valence-corrected chi connectivity index (χ4v) is 2.26. The van der Waals surface area contributed by atoms with Gasteiger partial charge in [0.25, 0.3) is 0 Å². The van der Waals surface area contributed by atoms with Crippen LogP contribution in [-0.2, 0) is 9.53 Å². The molecule has 1 fully saturated rings. The van der Waals surface area contributed by atoms with Crippen molar-refractivity contribution in [3.8, 4) is 0 Å². The van der Waals surface area contributed by atoms with Crippen LogP contribution in [0.3, 0.4) is 0 Å². The number of morpholine rings is 1. The van der Waals surface area contributed by atoms with E-state index in [2.05, 4.69) is 5.32 Å². The molecular weight excluding hydrogens is 264 g/mol. The number of ether oxygens (including phenoxy) is 1. The molecule has 0 aromatic heterocycles. The molecule has 0 radical (unpaired) electrons. The second kappa shape index (κ2) is 6.90. The number of hydrogen-bond donors (Lipinski definition) is 3. The van der Waals surface area contributed by atoms with Crippen LogP contribution in [0, 0.1) is 0 Å². The van der Waals surface area contributed by atoms with Crippen molar-refractivity contribution in [3.05, 3.63) is 0 Å². The summed E-state index contributed by atoms with van der Waals surface area (Å²) >= 11 is 0. The Balaban J connectivity index is 2.51. The number of amides is 2. The zero-order chi connectivity index (χ0) is 15.3. The van der Waals surface area contributed by atoms with Crippen LogP contribution in [0.4, 0.5) is 4.79 Å². The summed E-state index contributed by atoms with van der Waals surface area (Å²) in [7, 11) is 0. The lowest BCUT2D eigenvalue weighted by Crippen LogP contribution is -2.58. The molecule has 7 nitrogen and oxygen atoms in total. The summed E-state index contributed by atoms with van der Waals surface area (Å²) < 4.78 is 5.64. The van der Waals surface area contributed by atoms with Crippen molar-refractivity contribution in [2.75, 3.05) is 19.7 Å². The first kappa shape index (κ1) is 16.7. The third-order valence-corrected chi connectivity index (χ3v) is 3.13. The Morgan fingerprint density at radius 3 is 2.70 bits per heavy atom. The SMILES string of the molecule is CC(CCC(=O)O)NC(=O)N1CC(CO)OC(C)(C)C1. The average molecular weight is 288 g/mol. The molecule has 3 N–H and O–H groups in total. The standard InChI is InChI=1S/C13H24N2O5/c1-9(4-5-11(17)18)14-12(19)15-6-10(7-16)20-13(2,3)8-15/h9-10,16H,4-8H2,1-3H3,(H,14,19)(H,17,18). The quantitative estimate of drug-likeness (QED) is 0.681. The topological polar surface area (TPSA) is 99.1 Å². The van der Waals surface area contributed by atoms with Crippen LogP contribution in [-0.4, -0.2) is 64.6 Å². The van der Waals surface area contributed by atoms with Crippen molar-refractivity contribution >= 4 is 12.0 Å². The Morgan fingerprint density at radius 1 is 1.50 bits per heavy atom. The number of rotatable bonds is 5. The van der Waals surface area contributed by atoms with E-state index in [1.807, 2.05) is 13.8 Å². The van der Waals surface area contributed by atoms with Gasteiger partial charge in [-0.1, -0.05) is 0 Å². The van der Waals surface area contributed by atoms with Gasteiger partial charge in [-0.15, -0.1) is 0 Å². The zero-order valence-corrected chi connectivity index (χ0v) is 12.3. The van der Waals surface area contributed by atoms with Crippen molar-refractivity contribution in [2.45, 2.75) is 51.4 Å². The molecule has 2 amide bonds. The first-order chi connectivity index (χ1) is 9.23. The largest absolute Gasteiger partial charge is 0.481 e. The normalized spacial score (nSPS) is 23.2. The highest BCUT2D eigenvalue weighted by Crippen LogP contribution is 2.20. The number of nitrogens with zero attached hydrogens (tertiary/aromatic N) is 1. The maximum Gasteiger partial charge on any atom is 0.317 e. The summed E-state index contributed by atoms with van der Waals surface area (Å²) in [5.74, 6) is -0.876. The van der Waals surface area contributed by atoms with Gasteiger partial charge in [0.2, 0.25) is 0 Å². The minimum atomic E-state index is -0.876. The Hall–Kier alpha value is -1.34. The van der Waals surface area contributed by atoms with Crippen molar-refractivity contribution in [1.82, 2.24) is 10.2 Å². The van der Waals surface area contributed by atoms with E-state index in [-0.39, 0.29) is 31.2 Å². The van der Waals surface area contributed by atoms with Gasteiger partial charge in [-0.25, -0.2) is 4.79 Å². The number of carboxylic acid groups (broad SMARTS) is 1. The van der Waals surface area contributed by atoms with Crippen LogP contribution in [0.25, 0.3) is 0 Å². The molecule has 0 aromatic carbocycles. The molecule has 20 heavy (non-hydrogen) atoms. The molecule has 7 heteroatoms. The first-order valence-electron chi connectivity index (χ1n) is 6.79. The predicted molar refractivity (Wildman–Crippen MR) is 72.5 cm³/mol. The van der Waals surface area contributed by atoms with Crippen LogP contribution < -0.4 is 5.32 Å². The van der Waals surface area contributed by atoms with E-state index in [1.54, 1.807) is 11.8 Å². The molecule has 2 atom stereocenters. The van der Waals surface area contributed by atoms with Crippen LogP contribution in [0.2, 0.25) is 0 Å². The lowest BCUT2D eigenvalue weighted by molar-refractivity contribution is -0.138. The highest BCUT2D eigenvalue weighted by Gasteiger charge is 2.35. The zero-order valence-electron chi connectivity index (χ0n) is 12.3. The van der Waals surface area contributed by atoms with Crippen molar-refractivity contribution < 1.29 is 24.5 Å². The van der Waals surface area contributed by atoms with Crippen molar-refractivity contribution in [1.29, 1.82) is 0 Å². The van der Waals surface area contributed by atoms with Crippen LogP contribution >= 0.6 is 0 Å². The molecule has 1 aliphatic rings. The molecule has 0 aliphatic carbocycles. The van der Waals surface area contributed by atoms with Crippen LogP contribution in [0.5, 0.6) is 0 Å². The van der Waals surface area contributed by atoms with Crippen LogP contribution in [0.15, 0.2) is 0 Å². The summed E-state index contributed by atoms with van der Waals surface area (Å²) in [6, 6.07) is -0.463. The molecule has 2 unspecified atom stereocenters. The Bertz CT molecular complexity index is 359. The predicted octanol–water partition coefficient (Wildman–Crippen LogP) is 0.421. The van der Waals surface area contributed by atoms with Gasteiger partial charge in [0.15, 0.2) is 0 Å². The number of carbonyl (C=O) groups is 2. The summed E-state index contributed by atoms with van der Waals surface area (Å²) in [6.07, 6.45) is 0.0203. The van der Waals surface area contributed by atoms with E-state index in [9.17, 15) is 14.7 Å². The number of aliphatic carboxylic acids is 1. The smallest absolute Gasteiger partial charge is 0.317 e. The van der Waals surface area contributed by atoms with Crippen molar-refractivity contribution in [2.24, 2.45) is 0 Å². The molecule has 1 saturated heterocycles. The lowest BCUT2D eigenvalue weighted by Gasteiger charge is -2.42. The average Bonchev–Trinajstić information content (AvgIpc) is 2.34. The Morgan fingerprint density at radius 2 is 2.15 bits per heavy atom. The molecule has 0 spiro atoms. The number of aliphatic hydroxyl groups is 1. The Kier molecular flexibility index (Phi) is 5.76. The molecule has 0 aromatic rings. The van der Waals surface area contributed by atoms with Gasteiger partial charge in [0.05, 0.1) is 31.4 Å². The third-order valence-electron chi connectivity index (χ3n) is 3.13. The van der Waals surface area contributed by atoms with E-state index < -0.39 is 11.6 Å². The monoisotopic (exact) mass is 288 g/mol. The van der Waals surface area contributed by atoms with Gasteiger partial charge >= 0.3 is 12.0 Å². The van der Waals surface area contributed by atoms with Gasteiger partial charge < -0.3 is 25.2 Å². The van der Waals surface area contributed by atoms with Gasteiger partial charge in [-0.2, -0.15) is 0 Å². The minimum Gasteiger partial charge on any atom is -0.481 e. The second-order valence-electron chi connectivity index (χ2n) is 5.85. The third kappa shape index (κ3) is 5.34. The summed E-state index contributed by atoms with van der Waals surface area (Å²) in [4.78, 5) is 24.2. The number of carbonyl (C=O) groups excluding carboxylic acids is 1. The maximum atomic E-state index is 12.1. The molecule has 1 heterocycles. The van der Waals surface area contributed by atoms with Gasteiger partial charge in [-0.05, 0) is 27.2 Å². The molecule has 0 bridgehead atoms. The number of carboxylic acids is 1. The summed E-state index contributed by atoms with van der Waals surface area (Å²) in [6.45, 7) is 6.13. The Labute approximate surface area is 118 Å². The van der Waals surface area contributed by atoms with E-state index >= 15 is 0 Å². The summed E-state index contributed by atoms with van der Waals surface area (Å²) in [5.41, 5.74) is -0.507. The van der Waals surface area contributed by atoms with Gasteiger partial charge in [0, 0.05) is 12.5 Å². The first-order valence-corrected chi connectivity index (χ1v) is 6.79. The number of urea groups is 1. The number of hydrogen-bond acceptors (Lipinski definition) is 4. The second-order valence-corrected chi connectivity index (χ2v) is 5.85. The van der Waals surface area contributed by atoms with E-state index in [4.69, 9.17) is 9.84 Å². The number of aliphatic hydroxyl groups excluding tert-OH is 1. The fourth-order valence-electron chi connectivity index (χ4n) is 2.26. The van der Waals surface area contributed by atoms with Crippen LogP contribution in [0.1, 0.15) is 33.6 Å². The van der Waals surface area contributed by atoms with Gasteiger partial charge in [-0.3, -0.25) is 4.79 Å². The van der Waals surface area contributed by atoms with Gasteiger partial charge in [0.1, 0.15) is 0 Å². The maximum absolute atomic E-state index is 12.1. The van der Waals surface area contributed by atoms with Crippen molar-refractivity contribution in [3.63, 3.8) is 0 Å². The van der Waals surface area contributed by atoms with E-state index in [1.165, 1.54) is 0 Å². The highest BCUT2D eigenvalue weighted by atomic mass is 16.5. The molecule has 1 rings (SSSR count). The minimum absolute atomic E-state index is 0.0231. The lowest BCUT2D eigenvalue weighted by atomic mass is 10.1. The molecular formula is C13H24N2O5. The van der Waals surface area contributed by atoms with E-state index in [0.717, 1.165) is 0 Å². The molecule has 0 saturated carbocycles.